The summed E-state index contributed by atoms with van der Waals surface area (Å²) in [5.41, 5.74) is 0.248. The number of amides is 1. The highest BCUT2D eigenvalue weighted by atomic mass is 16.5. The van der Waals surface area contributed by atoms with Crippen LogP contribution in [0.15, 0.2) is 24.3 Å². The number of aliphatic carboxylic acids is 1. The Morgan fingerprint density at radius 2 is 1.92 bits per heavy atom. The summed E-state index contributed by atoms with van der Waals surface area (Å²) < 4.78 is 5.72. The molecule has 0 radical (unpaired) electrons. The van der Waals surface area contributed by atoms with Crippen LogP contribution >= 0.6 is 0 Å². The first-order valence-electron chi connectivity index (χ1n) is 9.31. The summed E-state index contributed by atoms with van der Waals surface area (Å²) in [4.78, 5) is 24.5. The number of para-hydroxylation sites is 1. The smallest absolute Gasteiger partial charge is 0.311 e. The zero-order valence-electron chi connectivity index (χ0n) is 14.4. The van der Waals surface area contributed by atoms with Gasteiger partial charge in [-0.25, -0.2) is 0 Å². The largest absolute Gasteiger partial charge is 0.493 e. The summed E-state index contributed by atoms with van der Waals surface area (Å²) in [6.07, 6.45) is 5.96. The third-order valence-electron chi connectivity index (χ3n) is 6.49. The van der Waals surface area contributed by atoms with E-state index in [2.05, 4.69) is 11.4 Å². The van der Waals surface area contributed by atoms with Gasteiger partial charge in [0.1, 0.15) is 5.75 Å². The van der Waals surface area contributed by atoms with Gasteiger partial charge < -0.3 is 15.2 Å². The molecule has 2 atom stereocenters. The number of hydrogen-bond acceptors (Lipinski definition) is 3. The number of hydrogen-bond donors (Lipinski definition) is 2. The minimum atomic E-state index is -0.774. The summed E-state index contributed by atoms with van der Waals surface area (Å²) >= 11 is 0. The summed E-state index contributed by atoms with van der Waals surface area (Å²) in [5.74, 6) is 0.0580. The van der Waals surface area contributed by atoms with E-state index in [1.165, 1.54) is 0 Å². The SMILES string of the molecule is O=C(NCC1(C(=O)O)CCCCC1)[C@@H]1C[C@]12CCOc1ccccc12. The highest BCUT2D eigenvalue weighted by Gasteiger charge is 2.61. The molecule has 5 nitrogen and oxygen atoms in total. The Morgan fingerprint density at radius 1 is 1.16 bits per heavy atom. The molecule has 2 N–H and O–H groups in total. The zero-order valence-corrected chi connectivity index (χ0v) is 14.4. The number of carbonyl (C=O) groups excluding carboxylic acids is 1. The van der Waals surface area contributed by atoms with Crippen molar-refractivity contribution >= 4 is 11.9 Å². The predicted molar refractivity (Wildman–Crippen MR) is 92.5 cm³/mol. The third kappa shape index (κ3) is 2.70. The summed E-state index contributed by atoms with van der Waals surface area (Å²) in [6.45, 7) is 0.895. The van der Waals surface area contributed by atoms with Crippen LogP contribution in [0.4, 0.5) is 0 Å². The maximum Gasteiger partial charge on any atom is 0.311 e. The Morgan fingerprint density at radius 3 is 2.68 bits per heavy atom. The molecule has 0 saturated heterocycles. The molecule has 2 saturated carbocycles. The van der Waals surface area contributed by atoms with Crippen LogP contribution in [-0.4, -0.2) is 30.1 Å². The lowest BCUT2D eigenvalue weighted by Gasteiger charge is -2.33. The van der Waals surface area contributed by atoms with Crippen LogP contribution in [0.3, 0.4) is 0 Å². The number of fused-ring (bicyclic) bond motifs is 2. The second-order valence-electron chi connectivity index (χ2n) is 7.87. The van der Waals surface area contributed by atoms with Crippen molar-refractivity contribution in [2.45, 2.75) is 50.4 Å². The molecule has 134 valence electrons. The first-order valence-corrected chi connectivity index (χ1v) is 9.31. The molecule has 1 aromatic carbocycles. The first-order chi connectivity index (χ1) is 12.1. The van der Waals surface area contributed by atoms with Crippen molar-refractivity contribution in [1.82, 2.24) is 5.32 Å². The fourth-order valence-electron chi connectivity index (χ4n) is 4.78. The van der Waals surface area contributed by atoms with Crippen molar-refractivity contribution in [2.75, 3.05) is 13.2 Å². The zero-order chi connectivity index (χ0) is 17.5. The minimum absolute atomic E-state index is 0.00269. The standard InChI is InChI=1S/C20H25NO4/c22-17(21-13-19(18(23)24)8-4-1-5-9-19)15-12-20(15)10-11-25-16-7-3-2-6-14(16)20/h2-3,6-7,15H,1,4-5,8-13H2,(H,21,22)(H,23,24)/t15-,20-/m0/s1. The molecule has 1 aliphatic heterocycles. The molecular weight excluding hydrogens is 318 g/mol. The minimum Gasteiger partial charge on any atom is -0.493 e. The molecule has 1 amide bonds. The van der Waals surface area contributed by atoms with Gasteiger partial charge >= 0.3 is 5.97 Å². The fraction of sp³-hybridized carbons (Fsp3) is 0.600. The quantitative estimate of drug-likeness (QED) is 0.881. The van der Waals surface area contributed by atoms with Crippen molar-refractivity contribution < 1.29 is 19.4 Å². The van der Waals surface area contributed by atoms with Crippen LogP contribution in [0.5, 0.6) is 5.75 Å². The van der Waals surface area contributed by atoms with Gasteiger partial charge in [-0.1, -0.05) is 37.5 Å². The van der Waals surface area contributed by atoms with Gasteiger partial charge in [-0.15, -0.1) is 0 Å². The number of rotatable bonds is 4. The number of carboxylic acids is 1. The topological polar surface area (TPSA) is 75.6 Å². The van der Waals surface area contributed by atoms with Gasteiger partial charge in [0, 0.05) is 23.4 Å². The molecule has 2 aliphatic carbocycles. The lowest BCUT2D eigenvalue weighted by Crippen LogP contribution is -2.45. The van der Waals surface area contributed by atoms with Crippen LogP contribution < -0.4 is 10.1 Å². The Bertz CT molecular complexity index is 695. The Hall–Kier alpha value is -2.04. The van der Waals surface area contributed by atoms with Gasteiger partial charge in [0.15, 0.2) is 0 Å². The lowest BCUT2D eigenvalue weighted by atomic mass is 9.74. The van der Waals surface area contributed by atoms with Crippen LogP contribution in [0.25, 0.3) is 0 Å². The van der Waals surface area contributed by atoms with E-state index in [9.17, 15) is 14.7 Å². The molecule has 0 aromatic heterocycles. The lowest BCUT2D eigenvalue weighted by molar-refractivity contribution is -0.151. The number of ether oxygens (including phenoxy) is 1. The Kier molecular flexibility index (Phi) is 3.97. The molecule has 0 unspecified atom stereocenters. The third-order valence-corrected chi connectivity index (χ3v) is 6.49. The molecule has 4 rings (SSSR count). The Balaban J connectivity index is 1.45. The van der Waals surface area contributed by atoms with Crippen LogP contribution in [-0.2, 0) is 15.0 Å². The van der Waals surface area contributed by atoms with Crippen LogP contribution in [0, 0.1) is 11.3 Å². The number of benzene rings is 1. The average Bonchev–Trinajstić information content (AvgIpc) is 3.35. The average molecular weight is 343 g/mol. The Labute approximate surface area is 147 Å². The van der Waals surface area contributed by atoms with Crippen molar-refractivity contribution in [3.63, 3.8) is 0 Å². The molecule has 1 spiro atoms. The highest BCUT2D eigenvalue weighted by Crippen LogP contribution is 2.60. The molecule has 25 heavy (non-hydrogen) atoms. The summed E-state index contributed by atoms with van der Waals surface area (Å²) in [5, 5.41) is 12.6. The summed E-state index contributed by atoms with van der Waals surface area (Å²) in [6, 6.07) is 7.96. The van der Waals surface area contributed by atoms with Crippen molar-refractivity contribution in [2.24, 2.45) is 11.3 Å². The number of nitrogens with one attached hydrogen (secondary N) is 1. The van der Waals surface area contributed by atoms with Crippen LogP contribution in [0.1, 0.15) is 50.5 Å². The highest BCUT2D eigenvalue weighted by molar-refractivity contribution is 5.85. The van der Waals surface area contributed by atoms with E-state index < -0.39 is 11.4 Å². The molecule has 3 aliphatic rings. The van der Waals surface area contributed by atoms with Gasteiger partial charge in [-0.3, -0.25) is 9.59 Å². The fourth-order valence-corrected chi connectivity index (χ4v) is 4.78. The normalized spacial score (nSPS) is 29.4. The van der Waals surface area contributed by atoms with Gasteiger partial charge in [0.05, 0.1) is 12.0 Å². The monoisotopic (exact) mass is 343 g/mol. The molecule has 2 fully saturated rings. The second kappa shape index (κ2) is 6.04. The second-order valence-corrected chi connectivity index (χ2v) is 7.87. The van der Waals surface area contributed by atoms with Gasteiger partial charge in [-0.05, 0) is 31.7 Å². The van der Waals surface area contributed by atoms with Crippen molar-refractivity contribution in [3.8, 4) is 5.75 Å². The van der Waals surface area contributed by atoms with Gasteiger partial charge in [0.25, 0.3) is 0 Å². The van der Waals surface area contributed by atoms with E-state index in [0.29, 0.717) is 19.4 Å². The van der Waals surface area contributed by atoms with E-state index in [1.807, 2.05) is 18.2 Å². The van der Waals surface area contributed by atoms with Crippen molar-refractivity contribution in [1.29, 1.82) is 0 Å². The van der Waals surface area contributed by atoms with E-state index in [0.717, 1.165) is 43.4 Å². The molecule has 0 bridgehead atoms. The molecule has 1 aromatic rings. The number of carbonyl (C=O) groups is 2. The summed E-state index contributed by atoms with van der Waals surface area (Å²) in [7, 11) is 0. The van der Waals surface area contributed by atoms with E-state index in [1.54, 1.807) is 0 Å². The van der Waals surface area contributed by atoms with Gasteiger partial charge in [-0.2, -0.15) is 0 Å². The van der Waals surface area contributed by atoms with Crippen molar-refractivity contribution in [3.05, 3.63) is 29.8 Å². The van der Waals surface area contributed by atoms with Crippen LogP contribution in [0.2, 0.25) is 0 Å². The number of carboxylic acid groups (broad SMARTS) is 1. The van der Waals surface area contributed by atoms with E-state index in [4.69, 9.17) is 4.74 Å². The van der Waals surface area contributed by atoms with E-state index >= 15 is 0 Å². The maximum absolute atomic E-state index is 12.8. The molecular formula is C20H25NO4. The van der Waals surface area contributed by atoms with Gasteiger partial charge in [0.2, 0.25) is 5.91 Å². The predicted octanol–water partition coefficient (Wildman–Crippen LogP) is 2.88. The first kappa shape index (κ1) is 16.4. The molecule has 1 heterocycles. The molecule has 5 heteroatoms. The maximum atomic E-state index is 12.8. The van der Waals surface area contributed by atoms with E-state index in [-0.39, 0.29) is 23.8 Å².